The van der Waals surface area contributed by atoms with Crippen molar-refractivity contribution in [3.05, 3.63) is 120 Å². The zero-order chi connectivity index (χ0) is 26.6. The Labute approximate surface area is 229 Å². The first-order valence-corrected chi connectivity index (χ1v) is 13.6. The molecule has 3 aromatic carbocycles. The van der Waals surface area contributed by atoms with Gasteiger partial charge >= 0.3 is 0 Å². The van der Waals surface area contributed by atoms with E-state index in [0.717, 1.165) is 35.0 Å². The van der Waals surface area contributed by atoms with Crippen LogP contribution in [-0.2, 0) is 6.42 Å². The Morgan fingerprint density at radius 2 is 1.72 bits per heavy atom. The van der Waals surface area contributed by atoms with Gasteiger partial charge in [0.15, 0.2) is 11.5 Å². The lowest BCUT2D eigenvalue weighted by molar-refractivity contribution is 0.102. The van der Waals surface area contributed by atoms with Crippen LogP contribution < -0.4 is 20.1 Å². The Kier molecular flexibility index (Phi) is 7.28. The molecule has 4 atom stereocenters. The van der Waals surface area contributed by atoms with Crippen LogP contribution in [0.3, 0.4) is 0 Å². The van der Waals surface area contributed by atoms with Gasteiger partial charge in [-0.25, -0.2) is 0 Å². The molecule has 4 aromatic rings. The molecule has 6 rings (SSSR count). The highest BCUT2D eigenvalue weighted by Crippen LogP contribution is 2.47. The Balaban J connectivity index is 1.18. The maximum Gasteiger partial charge on any atom is 0.255 e. The number of carbonyl (C=O) groups excluding carboxylic acids is 1. The normalized spacial score (nSPS) is 18.8. The highest BCUT2D eigenvalue weighted by Gasteiger charge is 2.38. The van der Waals surface area contributed by atoms with Crippen molar-refractivity contribution in [3.63, 3.8) is 0 Å². The van der Waals surface area contributed by atoms with Gasteiger partial charge in [-0.3, -0.25) is 9.78 Å². The molecular formula is C33H33N3O3. The topological polar surface area (TPSA) is 72.5 Å². The van der Waals surface area contributed by atoms with E-state index in [4.69, 9.17) is 9.47 Å². The Hall–Kier alpha value is -4.16. The highest BCUT2D eigenvalue weighted by atomic mass is 16.7. The number of hydrogen-bond acceptors (Lipinski definition) is 5. The summed E-state index contributed by atoms with van der Waals surface area (Å²) in [6.07, 6.45) is 3.63. The van der Waals surface area contributed by atoms with E-state index < -0.39 is 0 Å². The number of nitrogens with zero attached hydrogens (tertiary/aromatic N) is 1. The van der Waals surface area contributed by atoms with Crippen LogP contribution in [0.2, 0.25) is 0 Å². The average Bonchev–Trinajstić information content (AvgIpc) is 3.61. The average molecular weight is 520 g/mol. The summed E-state index contributed by atoms with van der Waals surface area (Å²) in [5.74, 6) is 2.83. The van der Waals surface area contributed by atoms with Gasteiger partial charge in [-0.15, -0.1) is 0 Å². The molecule has 6 heteroatoms. The van der Waals surface area contributed by atoms with Gasteiger partial charge in [0.2, 0.25) is 6.79 Å². The van der Waals surface area contributed by atoms with Crippen LogP contribution in [0.5, 0.6) is 11.5 Å². The van der Waals surface area contributed by atoms with Crippen LogP contribution >= 0.6 is 0 Å². The first-order valence-electron chi connectivity index (χ1n) is 13.6. The van der Waals surface area contributed by atoms with Crippen LogP contribution in [0.1, 0.15) is 52.4 Å². The number of ether oxygens (including phenoxy) is 2. The summed E-state index contributed by atoms with van der Waals surface area (Å²) < 4.78 is 11.2. The highest BCUT2D eigenvalue weighted by molar-refractivity contribution is 6.04. The second kappa shape index (κ2) is 11.3. The standard InChI is InChI=1S/C33H33N3O3/c1-22(35-20-26-17-30(26)23-8-4-2-5-9-23)29(24-12-13-31-32(18-24)39-21-38-31)19-28-16-25(14-15-34-28)33(37)36-27-10-6-3-7-11-27/h2-16,18,22,26,29-30,35H,17,19-21H2,1H3,(H,36,37)/t22?,26-,29?,30-/m0/s1. The number of rotatable bonds is 10. The number of benzene rings is 3. The third-order valence-electron chi connectivity index (χ3n) is 7.82. The number of fused-ring (bicyclic) bond motifs is 1. The van der Waals surface area contributed by atoms with Crippen LogP contribution in [0, 0.1) is 5.92 Å². The molecule has 0 bridgehead atoms. The summed E-state index contributed by atoms with van der Waals surface area (Å²) >= 11 is 0. The smallest absolute Gasteiger partial charge is 0.255 e. The molecule has 1 saturated carbocycles. The molecule has 1 aliphatic heterocycles. The molecule has 6 nitrogen and oxygen atoms in total. The van der Waals surface area contributed by atoms with Gasteiger partial charge in [0.25, 0.3) is 5.91 Å². The maximum absolute atomic E-state index is 12.9. The van der Waals surface area contributed by atoms with Crippen molar-refractivity contribution in [1.29, 1.82) is 0 Å². The van der Waals surface area contributed by atoms with Crippen molar-refractivity contribution < 1.29 is 14.3 Å². The number of amides is 1. The minimum absolute atomic E-state index is 0.133. The Morgan fingerprint density at radius 3 is 2.54 bits per heavy atom. The molecule has 2 N–H and O–H groups in total. The molecule has 39 heavy (non-hydrogen) atoms. The summed E-state index contributed by atoms with van der Waals surface area (Å²) in [5, 5.41) is 6.79. The van der Waals surface area contributed by atoms with Crippen LogP contribution in [-0.4, -0.2) is 30.3 Å². The Bertz CT molecular complexity index is 1430. The van der Waals surface area contributed by atoms with Crippen LogP contribution in [0.4, 0.5) is 5.69 Å². The molecule has 2 unspecified atom stereocenters. The lowest BCUT2D eigenvalue weighted by Gasteiger charge is -2.26. The van der Waals surface area contributed by atoms with Gasteiger partial charge in [-0.05, 0) is 85.7 Å². The minimum atomic E-state index is -0.142. The number of aromatic nitrogens is 1. The molecule has 198 valence electrons. The molecule has 0 radical (unpaired) electrons. The fourth-order valence-electron chi connectivity index (χ4n) is 5.47. The van der Waals surface area contributed by atoms with Gasteiger partial charge in [0.05, 0.1) is 0 Å². The Morgan fingerprint density at radius 1 is 0.949 bits per heavy atom. The van der Waals surface area contributed by atoms with E-state index in [1.807, 2.05) is 42.5 Å². The van der Waals surface area contributed by atoms with E-state index in [2.05, 4.69) is 65.0 Å². The lowest BCUT2D eigenvalue weighted by atomic mass is 9.87. The molecule has 1 aliphatic carbocycles. The van der Waals surface area contributed by atoms with Crippen LogP contribution in [0.15, 0.2) is 97.2 Å². The minimum Gasteiger partial charge on any atom is -0.454 e. The second-order valence-electron chi connectivity index (χ2n) is 10.5. The van der Waals surface area contributed by atoms with Crippen molar-refractivity contribution in [2.45, 2.75) is 37.6 Å². The van der Waals surface area contributed by atoms with Crippen molar-refractivity contribution in [3.8, 4) is 11.5 Å². The molecule has 0 saturated heterocycles. The van der Waals surface area contributed by atoms with Crippen molar-refractivity contribution in [2.75, 3.05) is 18.7 Å². The number of hydrogen-bond donors (Lipinski definition) is 2. The molecule has 2 aliphatic rings. The lowest BCUT2D eigenvalue weighted by Crippen LogP contribution is -2.35. The van der Waals surface area contributed by atoms with E-state index in [0.29, 0.717) is 23.8 Å². The maximum atomic E-state index is 12.9. The fourth-order valence-corrected chi connectivity index (χ4v) is 5.47. The van der Waals surface area contributed by atoms with Gasteiger partial charge in [-0.2, -0.15) is 0 Å². The summed E-state index contributed by atoms with van der Waals surface area (Å²) in [5.41, 5.74) is 4.83. The molecule has 1 amide bonds. The first-order chi connectivity index (χ1) is 19.1. The number of anilines is 1. The molecule has 0 spiro atoms. The zero-order valence-electron chi connectivity index (χ0n) is 22.0. The number of nitrogens with one attached hydrogen (secondary N) is 2. The summed E-state index contributed by atoms with van der Waals surface area (Å²) in [6, 6.07) is 30.3. The predicted molar refractivity (Wildman–Crippen MR) is 152 cm³/mol. The fraction of sp³-hybridized carbons (Fsp3) is 0.273. The summed E-state index contributed by atoms with van der Waals surface area (Å²) in [6.45, 7) is 3.45. The number of pyridine rings is 1. The molecule has 1 fully saturated rings. The van der Waals surface area contributed by atoms with E-state index in [1.165, 1.54) is 12.0 Å². The van der Waals surface area contributed by atoms with Crippen molar-refractivity contribution in [1.82, 2.24) is 10.3 Å². The molecular weight excluding hydrogens is 486 g/mol. The van der Waals surface area contributed by atoms with Gasteiger partial charge < -0.3 is 20.1 Å². The largest absolute Gasteiger partial charge is 0.454 e. The third kappa shape index (κ3) is 5.96. The second-order valence-corrected chi connectivity index (χ2v) is 10.5. The van der Waals surface area contributed by atoms with E-state index >= 15 is 0 Å². The van der Waals surface area contributed by atoms with Gasteiger partial charge in [0, 0.05) is 35.1 Å². The quantitative estimate of drug-likeness (QED) is 0.262. The van der Waals surface area contributed by atoms with Gasteiger partial charge in [-0.1, -0.05) is 54.6 Å². The van der Waals surface area contributed by atoms with Crippen molar-refractivity contribution in [2.24, 2.45) is 5.92 Å². The monoisotopic (exact) mass is 519 g/mol. The van der Waals surface area contributed by atoms with Crippen molar-refractivity contribution >= 4 is 11.6 Å². The first kappa shape index (κ1) is 25.1. The van der Waals surface area contributed by atoms with Crippen LogP contribution in [0.25, 0.3) is 0 Å². The van der Waals surface area contributed by atoms with E-state index in [9.17, 15) is 4.79 Å². The zero-order valence-corrected chi connectivity index (χ0v) is 22.0. The van der Waals surface area contributed by atoms with E-state index in [1.54, 1.807) is 12.3 Å². The summed E-state index contributed by atoms with van der Waals surface area (Å²) in [7, 11) is 0. The number of carbonyl (C=O) groups is 1. The van der Waals surface area contributed by atoms with Gasteiger partial charge in [0.1, 0.15) is 0 Å². The molecule has 1 aromatic heterocycles. The van der Waals surface area contributed by atoms with E-state index in [-0.39, 0.29) is 24.7 Å². The third-order valence-corrected chi connectivity index (χ3v) is 7.82. The predicted octanol–water partition coefficient (Wildman–Crippen LogP) is 6.17. The molecule has 2 heterocycles. The SMILES string of the molecule is CC(NC[C@@H]1C[C@H]1c1ccccc1)C(Cc1cc(C(=O)Nc2ccccc2)ccn1)c1ccc2c(c1)OCO2. The number of para-hydroxylation sites is 1. The summed E-state index contributed by atoms with van der Waals surface area (Å²) in [4.78, 5) is 17.6.